The van der Waals surface area contributed by atoms with Gasteiger partial charge in [0, 0.05) is 32.9 Å². The lowest BCUT2D eigenvalue weighted by Crippen LogP contribution is -2.40. The van der Waals surface area contributed by atoms with Gasteiger partial charge in [-0.2, -0.15) is 5.10 Å². The van der Waals surface area contributed by atoms with Crippen LogP contribution in [-0.2, 0) is 24.1 Å². The molecule has 2 aliphatic heterocycles. The number of rotatable bonds is 4. The topological polar surface area (TPSA) is 76.4 Å². The highest BCUT2D eigenvalue weighted by molar-refractivity contribution is 5.97. The van der Waals surface area contributed by atoms with Gasteiger partial charge >= 0.3 is 0 Å². The van der Waals surface area contributed by atoms with Gasteiger partial charge < -0.3 is 15.2 Å². The second kappa shape index (κ2) is 6.61. The molecular formula is C17H27N3O3. The lowest BCUT2D eigenvalue weighted by atomic mass is 9.76. The highest BCUT2D eigenvalue weighted by Crippen LogP contribution is 2.37. The Bertz CT molecular complexity index is 576. The van der Waals surface area contributed by atoms with Gasteiger partial charge in [-0.1, -0.05) is 13.8 Å². The second-order valence-electron chi connectivity index (χ2n) is 7.06. The number of aryl methyl sites for hydroxylation is 1. The summed E-state index contributed by atoms with van der Waals surface area (Å²) >= 11 is 0. The highest BCUT2D eigenvalue weighted by Gasteiger charge is 2.39. The van der Waals surface area contributed by atoms with Crippen LogP contribution in [0.5, 0.6) is 0 Å². The number of carbonyl (C=O) groups excluding carboxylic acids is 1. The summed E-state index contributed by atoms with van der Waals surface area (Å²) in [6.07, 6.45) is 3.53. The molecule has 3 heterocycles. The van der Waals surface area contributed by atoms with Crippen LogP contribution >= 0.6 is 0 Å². The van der Waals surface area contributed by atoms with Crippen LogP contribution in [-0.4, -0.2) is 47.2 Å². The Kier molecular flexibility index (Phi) is 4.73. The molecule has 0 aromatic carbocycles. The molecule has 0 aliphatic carbocycles. The molecule has 23 heavy (non-hydrogen) atoms. The van der Waals surface area contributed by atoms with Crippen molar-refractivity contribution in [1.29, 1.82) is 0 Å². The number of hydrogen-bond donors (Lipinski definition) is 2. The van der Waals surface area contributed by atoms with Gasteiger partial charge in [-0.25, -0.2) is 0 Å². The van der Waals surface area contributed by atoms with E-state index in [0.29, 0.717) is 13.1 Å². The molecule has 6 heteroatoms. The van der Waals surface area contributed by atoms with Crippen molar-refractivity contribution in [1.82, 2.24) is 15.1 Å². The van der Waals surface area contributed by atoms with E-state index in [1.54, 1.807) is 0 Å². The highest BCUT2D eigenvalue weighted by atomic mass is 16.5. The van der Waals surface area contributed by atoms with Gasteiger partial charge in [0.1, 0.15) is 0 Å². The normalized spacial score (nSPS) is 21.6. The first-order valence-corrected chi connectivity index (χ1v) is 8.64. The van der Waals surface area contributed by atoms with Crippen molar-refractivity contribution in [3.05, 3.63) is 17.0 Å². The molecule has 2 aliphatic rings. The fourth-order valence-corrected chi connectivity index (χ4v) is 3.68. The number of fused-ring (bicyclic) bond motifs is 1. The van der Waals surface area contributed by atoms with Crippen LogP contribution in [0, 0.1) is 11.3 Å². The van der Waals surface area contributed by atoms with E-state index in [1.165, 1.54) is 0 Å². The Hall–Kier alpha value is -1.40. The summed E-state index contributed by atoms with van der Waals surface area (Å²) in [7, 11) is 0. The van der Waals surface area contributed by atoms with Gasteiger partial charge in [0.05, 0.1) is 17.0 Å². The first kappa shape index (κ1) is 16.5. The zero-order valence-electron chi connectivity index (χ0n) is 14.1. The maximum Gasteiger partial charge on any atom is 0.255 e. The molecule has 1 saturated heterocycles. The van der Waals surface area contributed by atoms with Crippen LogP contribution in [0.2, 0.25) is 0 Å². The van der Waals surface area contributed by atoms with E-state index < -0.39 is 0 Å². The summed E-state index contributed by atoms with van der Waals surface area (Å²) in [5.74, 6) is 0.128. The number of nitrogens with one attached hydrogen (secondary N) is 1. The minimum absolute atomic E-state index is 0.00289. The zero-order chi connectivity index (χ0) is 16.4. The third kappa shape index (κ3) is 3.15. The monoisotopic (exact) mass is 321 g/mol. The maximum atomic E-state index is 12.6. The van der Waals surface area contributed by atoms with E-state index >= 15 is 0 Å². The minimum Gasteiger partial charge on any atom is -0.396 e. The van der Waals surface area contributed by atoms with Crippen LogP contribution in [0.4, 0.5) is 0 Å². The first-order valence-electron chi connectivity index (χ1n) is 8.64. The van der Waals surface area contributed by atoms with E-state index in [0.717, 1.165) is 55.8 Å². The SMILES string of the molecule is CCc1nn(C[C@H](C)CO)c2c1C(=O)NCC1(CCOCC1)C2. The summed E-state index contributed by atoms with van der Waals surface area (Å²) in [6.45, 7) is 7.04. The summed E-state index contributed by atoms with van der Waals surface area (Å²) in [4.78, 5) is 12.6. The average molecular weight is 321 g/mol. The van der Waals surface area contributed by atoms with E-state index in [-0.39, 0.29) is 23.8 Å². The molecule has 128 valence electrons. The molecule has 1 spiro atoms. The summed E-state index contributed by atoms with van der Waals surface area (Å²) in [5, 5.41) is 17.2. The summed E-state index contributed by atoms with van der Waals surface area (Å²) in [5.41, 5.74) is 2.75. The predicted octanol–water partition coefficient (Wildman–Crippen LogP) is 1.16. The minimum atomic E-state index is 0.00289. The molecule has 1 amide bonds. The number of aliphatic hydroxyl groups excluding tert-OH is 1. The van der Waals surface area contributed by atoms with Gasteiger partial charge in [0.25, 0.3) is 5.91 Å². The van der Waals surface area contributed by atoms with Crippen LogP contribution in [0.15, 0.2) is 0 Å². The van der Waals surface area contributed by atoms with Crippen molar-refractivity contribution in [3.63, 3.8) is 0 Å². The molecule has 6 nitrogen and oxygen atoms in total. The predicted molar refractivity (Wildman–Crippen MR) is 86.4 cm³/mol. The lowest BCUT2D eigenvalue weighted by Gasteiger charge is -2.36. The largest absolute Gasteiger partial charge is 0.396 e. The van der Waals surface area contributed by atoms with Crippen LogP contribution in [0.1, 0.15) is 48.4 Å². The van der Waals surface area contributed by atoms with E-state index in [4.69, 9.17) is 4.74 Å². The third-order valence-corrected chi connectivity index (χ3v) is 5.21. The Morgan fingerprint density at radius 1 is 1.43 bits per heavy atom. The smallest absolute Gasteiger partial charge is 0.255 e. The molecule has 0 saturated carbocycles. The van der Waals surface area contributed by atoms with Crippen molar-refractivity contribution >= 4 is 5.91 Å². The molecule has 1 atom stereocenters. The lowest BCUT2D eigenvalue weighted by molar-refractivity contribution is 0.0151. The number of carbonyl (C=O) groups is 1. The average Bonchev–Trinajstić information content (AvgIpc) is 2.83. The third-order valence-electron chi connectivity index (χ3n) is 5.21. The van der Waals surface area contributed by atoms with Crippen molar-refractivity contribution in [2.45, 2.75) is 46.1 Å². The van der Waals surface area contributed by atoms with E-state index in [2.05, 4.69) is 10.4 Å². The fraction of sp³-hybridized carbons (Fsp3) is 0.765. The molecule has 1 fully saturated rings. The Morgan fingerprint density at radius 3 is 2.83 bits per heavy atom. The Morgan fingerprint density at radius 2 is 2.17 bits per heavy atom. The Labute approximate surface area is 137 Å². The molecule has 1 aromatic heterocycles. The van der Waals surface area contributed by atoms with Crippen LogP contribution in [0.25, 0.3) is 0 Å². The maximum absolute atomic E-state index is 12.6. The van der Waals surface area contributed by atoms with Crippen LogP contribution in [0.3, 0.4) is 0 Å². The first-order chi connectivity index (χ1) is 11.1. The van der Waals surface area contributed by atoms with Crippen LogP contribution < -0.4 is 5.32 Å². The number of hydrogen-bond acceptors (Lipinski definition) is 4. The standard InChI is InChI=1S/C17H27N3O3/c1-3-13-15-14(20(19-13)9-12(2)10-21)8-17(11-18-16(15)22)4-6-23-7-5-17/h12,21H,3-11H2,1-2H3,(H,18,22)/t12-/m0/s1. The summed E-state index contributed by atoms with van der Waals surface area (Å²) < 4.78 is 7.49. The van der Waals surface area contributed by atoms with Gasteiger partial charge in [-0.15, -0.1) is 0 Å². The number of ether oxygens (including phenoxy) is 1. The number of nitrogens with zero attached hydrogens (tertiary/aromatic N) is 2. The van der Waals surface area contributed by atoms with Gasteiger partial charge in [0.15, 0.2) is 0 Å². The van der Waals surface area contributed by atoms with Crippen molar-refractivity contribution in [3.8, 4) is 0 Å². The Balaban J connectivity index is 2.00. The molecule has 2 N–H and O–H groups in total. The fourth-order valence-electron chi connectivity index (χ4n) is 3.68. The summed E-state index contributed by atoms with van der Waals surface area (Å²) in [6, 6.07) is 0. The van der Waals surface area contributed by atoms with Gasteiger partial charge in [-0.3, -0.25) is 9.48 Å². The van der Waals surface area contributed by atoms with Gasteiger partial charge in [-0.05, 0) is 37.0 Å². The van der Waals surface area contributed by atoms with E-state index in [9.17, 15) is 9.90 Å². The molecule has 1 aromatic rings. The number of aliphatic hydroxyl groups is 1. The van der Waals surface area contributed by atoms with E-state index in [1.807, 2.05) is 18.5 Å². The second-order valence-corrected chi connectivity index (χ2v) is 7.06. The zero-order valence-corrected chi connectivity index (χ0v) is 14.1. The molecule has 0 radical (unpaired) electrons. The quantitative estimate of drug-likeness (QED) is 0.872. The van der Waals surface area contributed by atoms with Crippen molar-refractivity contribution in [2.75, 3.05) is 26.4 Å². The number of aromatic nitrogens is 2. The molecule has 0 unspecified atom stereocenters. The van der Waals surface area contributed by atoms with Crippen molar-refractivity contribution < 1.29 is 14.6 Å². The molecule has 3 rings (SSSR count). The van der Waals surface area contributed by atoms with Gasteiger partial charge in [0.2, 0.25) is 0 Å². The molecule has 0 bridgehead atoms. The van der Waals surface area contributed by atoms with Crippen molar-refractivity contribution in [2.24, 2.45) is 11.3 Å². The molecular weight excluding hydrogens is 294 g/mol. The number of amides is 1.